The number of methoxy groups -OCH3 is 2. The van der Waals surface area contributed by atoms with Crippen molar-refractivity contribution in [2.75, 3.05) is 48.6 Å². The molecule has 1 unspecified atom stereocenters. The van der Waals surface area contributed by atoms with Gasteiger partial charge in [-0.2, -0.15) is 9.97 Å². The number of aryl methyl sites for hydroxylation is 2. The average molecular weight is 792 g/mol. The third-order valence-corrected chi connectivity index (χ3v) is 11.4. The number of Topliss-reactive ketones (excluding diaryl/α,β-unsaturated/α-hetero) is 2. The number of nitrogens with zero attached hydrogens (tertiary/aromatic N) is 8. The quantitative estimate of drug-likeness (QED) is 0.192. The molecule has 4 N–H and O–H groups in total. The Hall–Kier alpha value is -4.82. The first-order valence-corrected chi connectivity index (χ1v) is 19.1. The largest absolute Gasteiger partial charge is 0.496 e. The van der Waals surface area contributed by atoms with Crippen LogP contribution in [0, 0.1) is 33.6 Å². The number of ether oxygens (including phenoxy) is 2. The number of hydrogen-bond donors (Lipinski definition) is 2. The predicted molar refractivity (Wildman–Crippen MR) is 213 cm³/mol. The normalized spacial score (nSPS) is 17.0. The number of carbonyl (C=O) groups excluding carboxylic acids is 2. The standard InChI is InChI=1S/C20H26ClN5O2.C19H22ClN5O2/c1-10(2)6-13-15(27)9-26(19-16(13)18(21)24-20(22)25-19)8-14-12(4)17(28-5)11(3)7-23-14;1-10-7-22-12(11(2)15(10)27-3)8-25-9-13(26)19(5-4-6-19)14-16(20)23-18(21)24-17(14)25/h7,10,13H,6,8-9H2,1-5H3,(H2,22,24,25);7H,4-6,8-9H2,1-3H3,(H2,21,23,24). The van der Waals surface area contributed by atoms with Crippen molar-refractivity contribution < 1.29 is 19.1 Å². The summed E-state index contributed by atoms with van der Waals surface area (Å²) in [7, 11) is 3.29. The molecule has 1 atom stereocenters. The summed E-state index contributed by atoms with van der Waals surface area (Å²) in [6.45, 7) is 13.3. The number of fused-ring (bicyclic) bond motifs is 3. The molecule has 55 heavy (non-hydrogen) atoms. The maximum absolute atomic E-state index is 13.0. The van der Waals surface area contributed by atoms with E-state index in [1.54, 1.807) is 26.6 Å². The first kappa shape index (κ1) is 39.9. The van der Waals surface area contributed by atoms with Crippen molar-refractivity contribution in [3.63, 3.8) is 0 Å². The maximum Gasteiger partial charge on any atom is 0.223 e. The predicted octanol–water partition coefficient (Wildman–Crippen LogP) is 6.20. The molecular formula is C39H48Cl2N10O4. The Morgan fingerprint density at radius 2 is 1.31 bits per heavy atom. The van der Waals surface area contributed by atoms with Crippen LogP contribution in [0.25, 0.3) is 0 Å². The Kier molecular flexibility index (Phi) is 11.4. The average Bonchev–Trinajstić information content (AvgIpc) is 3.09. The number of hydrogen-bond acceptors (Lipinski definition) is 14. The molecule has 1 saturated carbocycles. The second-order valence-electron chi connectivity index (χ2n) is 15.0. The van der Waals surface area contributed by atoms with Gasteiger partial charge in [-0.1, -0.05) is 43.5 Å². The van der Waals surface area contributed by atoms with Gasteiger partial charge in [0.05, 0.1) is 63.1 Å². The molecule has 0 saturated heterocycles. The lowest BCUT2D eigenvalue weighted by atomic mass is 9.61. The van der Waals surface area contributed by atoms with E-state index in [1.165, 1.54) is 0 Å². The van der Waals surface area contributed by atoms with Gasteiger partial charge in [-0.15, -0.1) is 0 Å². The number of nitrogen functional groups attached to an aromatic ring is 2. The first-order valence-electron chi connectivity index (χ1n) is 18.3. The van der Waals surface area contributed by atoms with Gasteiger partial charge in [-0.3, -0.25) is 19.6 Å². The SMILES string of the molecule is COc1c(C)cnc(CN2CC(=O)C(CC(C)C)c3c(Cl)nc(N)nc32)c1C.COc1c(C)cnc(CN2CC(=O)C3(CCC3)c3c(Cl)nc(N)nc32)c1C. The summed E-state index contributed by atoms with van der Waals surface area (Å²) in [5.41, 5.74) is 18.0. The fourth-order valence-electron chi connectivity index (χ4n) is 8.00. The monoisotopic (exact) mass is 790 g/mol. The number of aromatic nitrogens is 6. The van der Waals surface area contributed by atoms with E-state index in [2.05, 4.69) is 43.8 Å². The van der Waals surface area contributed by atoms with Crippen molar-refractivity contribution in [3.8, 4) is 11.5 Å². The van der Waals surface area contributed by atoms with Gasteiger partial charge in [0.15, 0.2) is 11.6 Å². The van der Waals surface area contributed by atoms with E-state index in [0.29, 0.717) is 42.6 Å². The van der Waals surface area contributed by atoms with E-state index < -0.39 is 5.41 Å². The highest BCUT2D eigenvalue weighted by Crippen LogP contribution is 2.52. The molecule has 6 heterocycles. The zero-order valence-electron chi connectivity index (χ0n) is 32.6. The second kappa shape index (κ2) is 15.7. The summed E-state index contributed by atoms with van der Waals surface area (Å²) in [5, 5.41) is 0.527. The van der Waals surface area contributed by atoms with Crippen molar-refractivity contribution in [1.29, 1.82) is 0 Å². The zero-order valence-corrected chi connectivity index (χ0v) is 34.1. The van der Waals surface area contributed by atoms with Gasteiger partial charge in [0.1, 0.15) is 33.4 Å². The van der Waals surface area contributed by atoms with E-state index >= 15 is 0 Å². The van der Waals surface area contributed by atoms with Gasteiger partial charge in [-0.05, 0) is 52.9 Å². The third kappa shape index (κ3) is 7.45. The molecule has 1 aliphatic carbocycles. The Morgan fingerprint density at radius 1 is 0.800 bits per heavy atom. The Balaban J connectivity index is 0.000000187. The molecule has 0 amide bonds. The van der Waals surface area contributed by atoms with Crippen molar-refractivity contribution in [3.05, 3.63) is 67.5 Å². The van der Waals surface area contributed by atoms with E-state index in [4.69, 9.17) is 44.1 Å². The lowest BCUT2D eigenvalue weighted by Crippen LogP contribution is -2.53. The third-order valence-electron chi connectivity index (χ3n) is 10.9. The fraction of sp³-hybridized carbons (Fsp3) is 0.487. The molecular weight excluding hydrogens is 743 g/mol. The lowest BCUT2D eigenvalue weighted by Gasteiger charge is -2.47. The number of ketones is 2. The van der Waals surface area contributed by atoms with Gasteiger partial charge in [0.2, 0.25) is 11.9 Å². The summed E-state index contributed by atoms with van der Waals surface area (Å²) in [6.07, 6.45) is 6.83. The minimum absolute atomic E-state index is 0.0950. The highest BCUT2D eigenvalue weighted by atomic mass is 35.5. The van der Waals surface area contributed by atoms with Crippen LogP contribution in [0.2, 0.25) is 10.3 Å². The summed E-state index contributed by atoms with van der Waals surface area (Å²) >= 11 is 12.8. The molecule has 3 aliphatic rings. The maximum atomic E-state index is 13.0. The minimum Gasteiger partial charge on any atom is -0.496 e. The summed E-state index contributed by atoms with van der Waals surface area (Å²) in [4.78, 5) is 56.0. The van der Waals surface area contributed by atoms with Crippen LogP contribution in [0.3, 0.4) is 0 Å². The summed E-state index contributed by atoms with van der Waals surface area (Å²) in [6, 6.07) is 0. The molecule has 14 nitrogen and oxygen atoms in total. The number of anilines is 4. The van der Waals surface area contributed by atoms with E-state index in [9.17, 15) is 9.59 Å². The van der Waals surface area contributed by atoms with E-state index in [0.717, 1.165) is 70.0 Å². The van der Waals surface area contributed by atoms with Crippen molar-refractivity contribution >= 4 is 58.3 Å². The number of rotatable bonds is 8. The van der Waals surface area contributed by atoms with E-state index in [-0.39, 0.29) is 52.8 Å². The number of carbonyl (C=O) groups is 2. The second-order valence-corrected chi connectivity index (χ2v) is 15.7. The van der Waals surface area contributed by atoms with Crippen LogP contribution in [0.4, 0.5) is 23.5 Å². The van der Waals surface area contributed by atoms with Gasteiger partial charge >= 0.3 is 0 Å². The van der Waals surface area contributed by atoms with Crippen molar-refractivity contribution in [1.82, 2.24) is 29.9 Å². The minimum atomic E-state index is -0.552. The van der Waals surface area contributed by atoms with Gasteiger partial charge in [0.25, 0.3) is 0 Å². The van der Waals surface area contributed by atoms with Crippen LogP contribution in [0.1, 0.15) is 90.2 Å². The summed E-state index contributed by atoms with van der Waals surface area (Å²) < 4.78 is 11.0. The van der Waals surface area contributed by atoms with Crippen LogP contribution in [-0.4, -0.2) is 68.8 Å². The smallest absolute Gasteiger partial charge is 0.223 e. The van der Waals surface area contributed by atoms with Crippen molar-refractivity contribution in [2.24, 2.45) is 5.92 Å². The van der Waals surface area contributed by atoms with E-state index in [1.807, 2.05) is 37.5 Å². The van der Waals surface area contributed by atoms with Gasteiger partial charge in [-0.25, -0.2) is 9.97 Å². The molecule has 292 valence electrons. The van der Waals surface area contributed by atoms with Crippen LogP contribution in [0.15, 0.2) is 12.4 Å². The molecule has 16 heteroatoms. The molecule has 4 aromatic rings. The van der Waals surface area contributed by atoms with Gasteiger partial charge < -0.3 is 30.7 Å². The molecule has 1 fully saturated rings. The molecule has 2 aliphatic heterocycles. The highest BCUT2D eigenvalue weighted by Gasteiger charge is 2.52. The van der Waals surface area contributed by atoms with Crippen LogP contribution in [0.5, 0.6) is 11.5 Å². The van der Waals surface area contributed by atoms with Crippen LogP contribution >= 0.6 is 23.2 Å². The highest BCUT2D eigenvalue weighted by molar-refractivity contribution is 6.31. The number of nitrogens with two attached hydrogens (primary N) is 2. The Bertz CT molecular complexity index is 2160. The zero-order chi connectivity index (χ0) is 39.9. The molecule has 0 aromatic carbocycles. The van der Waals surface area contributed by atoms with Gasteiger partial charge in [0, 0.05) is 45.8 Å². The fourth-order valence-corrected chi connectivity index (χ4v) is 8.66. The number of halogens is 2. The summed E-state index contributed by atoms with van der Waals surface area (Å²) in [5.74, 6) is 3.35. The lowest BCUT2D eigenvalue weighted by molar-refractivity contribution is -0.127. The van der Waals surface area contributed by atoms with Crippen molar-refractivity contribution in [2.45, 2.75) is 91.6 Å². The molecule has 7 rings (SSSR count). The topological polar surface area (TPSA) is 188 Å². The van der Waals surface area contributed by atoms with Crippen LogP contribution < -0.4 is 30.7 Å². The molecule has 0 radical (unpaired) electrons. The Morgan fingerprint density at radius 3 is 1.80 bits per heavy atom. The van der Waals surface area contributed by atoms with Crippen LogP contribution in [-0.2, 0) is 28.1 Å². The molecule has 0 bridgehead atoms. The number of pyridine rings is 2. The first-order chi connectivity index (χ1) is 26.1. The molecule has 1 spiro atoms. The molecule has 4 aromatic heterocycles. The Labute approximate surface area is 331 Å².